The zero-order valence-electron chi connectivity index (χ0n) is 21.5. The van der Waals surface area contributed by atoms with Crippen molar-refractivity contribution in [3.63, 3.8) is 0 Å². The quantitative estimate of drug-likeness (QED) is 0.365. The van der Waals surface area contributed by atoms with Gasteiger partial charge < -0.3 is 10.5 Å². The van der Waals surface area contributed by atoms with Gasteiger partial charge in [-0.3, -0.25) is 28.6 Å². The summed E-state index contributed by atoms with van der Waals surface area (Å²) in [7, 11) is 1.72. The molecule has 0 saturated carbocycles. The third kappa shape index (κ3) is 4.14. The fraction of sp³-hybridized carbons (Fsp3) is 0.296. The third-order valence-corrected chi connectivity index (χ3v) is 6.47. The van der Waals surface area contributed by atoms with E-state index in [1.54, 1.807) is 45.7 Å². The van der Waals surface area contributed by atoms with E-state index in [4.69, 9.17) is 10.5 Å². The van der Waals surface area contributed by atoms with Crippen LogP contribution in [-0.4, -0.2) is 40.9 Å². The second-order valence-corrected chi connectivity index (χ2v) is 9.38. The van der Waals surface area contributed by atoms with Gasteiger partial charge in [-0.05, 0) is 51.0 Å². The van der Waals surface area contributed by atoms with Crippen molar-refractivity contribution in [1.82, 2.24) is 28.9 Å². The van der Waals surface area contributed by atoms with E-state index in [2.05, 4.69) is 15.1 Å². The minimum absolute atomic E-state index is 0.0299. The van der Waals surface area contributed by atoms with Gasteiger partial charge in [0, 0.05) is 24.2 Å². The van der Waals surface area contributed by atoms with Crippen molar-refractivity contribution in [1.29, 1.82) is 0 Å². The molecule has 0 aliphatic carbocycles. The van der Waals surface area contributed by atoms with Crippen molar-refractivity contribution in [3.05, 3.63) is 65.2 Å². The van der Waals surface area contributed by atoms with Crippen LogP contribution in [0.15, 0.2) is 53.8 Å². The van der Waals surface area contributed by atoms with E-state index in [-0.39, 0.29) is 11.8 Å². The molecule has 1 unspecified atom stereocenters. The number of hydrogen-bond donors (Lipinski definition) is 1. The van der Waals surface area contributed by atoms with Gasteiger partial charge in [0.25, 0.3) is 0 Å². The number of imidazole rings is 1. The number of hydrogen-bond acceptors (Lipinski definition) is 6. The highest BCUT2D eigenvalue weighted by molar-refractivity contribution is 6.04. The van der Waals surface area contributed by atoms with Gasteiger partial charge in [0.1, 0.15) is 11.8 Å². The summed E-state index contributed by atoms with van der Waals surface area (Å²) in [5, 5.41) is 5.33. The molecule has 0 aliphatic heterocycles. The largest absolute Gasteiger partial charge is 0.489 e. The number of fused-ring (bicyclic) bond motifs is 3. The number of nitrogens with two attached hydrogens (primary N) is 1. The molecule has 0 saturated heterocycles. The van der Waals surface area contributed by atoms with E-state index in [1.807, 2.05) is 52.0 Å². The molecule has 2 N–H and O–H groups in total. The molecular formula is C27H29N7O3. The van der Waals surface area contributed by atoms with Crippen LogP contribution in [0.25, 0.3) is 38.8 Å². The van der Waals surface area contributed by atoms with Crippen molar-refractivity contribution >= 4 is 27.8 Å². The Bertz CT molecular complexity index is 1710. The number of rotatable bonds is 7. The van der Waals surface area contributed by atoms with Gasteiger partial charge in [0.05, 0.1) is 52.6 Å². The monoisotopic (exact) mass is 499 g/mol. The maximum Gasteiger partial charge on any atom is 0.333 e. The lowest BCUT2D eigenvalue weighted by Crippen LogP contribution is -2.26. The first-order chi connectivity index (χ1) is 17.7. The van der Waals surface area contributed by atoms with E-state index in [1.165, 1.54) is 0 Å². The van der Waals surface area contributed by atoms with Gasteiger partial charge in [0.15, 0.2) is 0 Å². The molecule has 190 valence electrons. The Kier molecular flexibility index (Phi) is 6.02. The summed E-state index contributed by atoms with van der Waals surface area (Å²) in [6.45, 7) is 7.62. The summed E-state index contributed by atoms with van der Waals surface area (Å²) in [6.07, 6.45) is 7.40. The zero-order chi connectivity index (χ0) is 26.4. The Labute approximate surface area is 213 Å². The molecule has 10 nitrogen and oxygen atoms in total. The Morgan fingerprint density at radius 2 is 1.92 bits per heavy atom. The maximum atomic E-state index is 13.5. The number of nitrogens with zero attached hydrogens (tertiary/aromatic N) is 6. The number of carbonyl (C=O) groups excluding carboxylic acids is 1. The smallest absolute Gasteiger partial charge is 0.333 e. The topological polar surface area (TPSA) is 123 Å². The third-order valence-electron chi connectivity index (χ3n) is 6.47. The summed E-state index contributed by atoms with van der Waals surface area (Å²) in [5.41, 5.74) is 10.5. The summed E-state index contributed by atoms with van der Waals surface area (Å²) >= 11 is 0. The van der Waals surface area contributed by atoms with E-state index in [9.17, 15) is 9.59 Å². The molecule has 0 aliphatic rings. The van der Waals surface area contributed by atoms with E-state index in [0.29, 0.717) is 34.6 Å². The number of pyridine rings is 2. The first kappa shape index (κ1) is 24.2. The predicted molar refractivity (Wildman–Crippen MR) is 142 cm³/mol. The van der Waals surface area contributed by atoms with Crippen LogP contribution in [0, 0.1) is 6.92 Å². The molecule has 4 heterocycles. The molecule has 0 bridgehead atoms. The van der Waals surface area contributed by atoms with Crippen molar-refractivity contribution in [3.8, 4) is 22.6 Å². The molecule has 5 aromatic rings. The highest BCUT2D eigenvalue weighted by Crippen LogP contribution is 2.31. The number of aromatic nitrogens is 6. The van der Waals surface area contributed by atoms with Crippen LogP contribution in [0.3, 0.4) is 0 Å². The first-order valence-electron chi connectivity index (χ1n) is 12.2. The normalized spacial score (nSPS) is 12.5. The molecule has 0 fully saturated rings. The van der Waals surface area contributed by atoms with Crippen LogP contribution in [0.2, 0.25) is 0 Å². The second kappa shape index (κ2) is 9.20. The average molecular weight is 500 g/mol. The number of primary amides is 1. The standard InChI is InChI=1S/C27H29N7O3/c1-6-22(26(28)35)33-14-24(16(4)31-33)34-25-20-10-17(18-9-19(12-29-11-18)37-15(2)3)7-8-21(20)30-13-23(25)32(5)27(34)36/h7-15,22H,6H2,1-5H3,(H2,28,35). The van der Waals surface area contributed by atoms with Gasteiger partial charge in [0.2, 0.25) is 5.91 Å². The summed E-state index contributed by atoms with van der Waals surface area (Å²) in [5.74, 6) is 0.210. The summed E-state index contributed by atoms with van der Waals surface area (Å²) < 4.78 is 10.6. The van der Waals surface area contributed by atoms with Crippen LogP contribution >= 0.6 is 0 Å². The molecule has 37 heavy (non-hydrogen) atoms. The summed E-state index contributed by atoms with van der Waals surface area (Å²) in [4.78, 5) is 34.4. The number of benzene rings is 1. The molecule has 1 amide bonds. The molecule has 4 aromatic heterocycles. The number of ether oxygens (including phenoxy) is 1. The van der Waals surface area contributed by atoms with E-state index >= 15 is 0 Å². The molecule has 0 radical (unpaired) electrons. The molecule has 1 atom stereocenters. The molecule has 0 spiro atoms. The predicted octanol–water partition coefficient (Wildman–Crippen LogP) is 3.67. The van der Waals surface area contributed by atoms with Gasteiger partial charge in [-0.1, -0.05) is 13.0 Å². The van der Waals surface area contributed by atoms with Crippen LogP contribution < -0.4 is 16.2 Å². The van der Waals surface area contributed by atoms with Gasteiger partial charge in [-0.25, -0.2) is 4.79 Å². The average Bonchev–Trinajstić information content (AvgIpc) is 3.35. The number of aryl methyl sites for hydroxylation is 2. The van der Waals surface area contributed by atoms with Crippen molar-refractivity contribution < 1.29 is 9.53 Å². The highest BCUT2D eigenvalue weighted by atomic mass is 16.5. The van der Waals surface area contributed by atoms with Crippen LogP contribution in [0.5, 0.6) is 5.75 Å². The maximum absolute atomic E-state index is 13.5. The lowest BCUT2D eigenvalue weighted by molar-refractivity contribution is -0.121. The molecule has 5 rings (SSSR count). The number of carbonyl (C=O) groups is 1. The minimum Gasteiger partial charge on any atom is -0.489 e. The Hall–Kier alpha value is -4.47. The fourth-order valence-corrected chi connectivity index (χ4v) is 4.68. The highest BCUT2D eigenvalue weighted by Gasteiger charge is 2.23. The van der Waals surface area contributed by atoms with Crippen LogP contribution in [0.4, 0.5) is 0 Å². The number of amides is 1. The molecule has 10 heteroatoms. The van der Waals surface area contributed by atoms with E-state index in [0.717, 1.165) is 22.0 Å². The van der Waals surface area contributed by atoms with Crippen LogP contribution in [0.1, 0.15) is 38.9 Å². The Balaban J connectivity index is 1.75. The SMILES string of the molecule is CCC(C(N)=O)n1cc(-n2c(=O)n(C)c3cnc4ccc(-c5cncc(OC(C)C)c5)cc4c32)c(C)n1. The summed E-state index contributed by atoms with van der Waals surface area (Å²) in [6, 6.07) is 7.26. The minimum atomic E-state index is -0.601. The van der Waals surface area contributed by atoms with Crippen LogP contribution in [-0.2, 0) is 11.8 Å². The van der Waals surface area contributed by atoms with Gasteiger partial charge >= 0.3 is 5.69 Å². The lowest BCUT2D eigenvalue weighted by Gasteiger charge is -2.11. The Morgan fingerprint density at radius 1 is 1.14 bits per heavy atom. The lowest BCUT2D eigenvalue weighted by atomic mass is 10.0. The Morgan fingerprint density at radius 3 is 2.62 bits per heavy atom. The van der Waals surface area contributed by atoms with Crippen molar-refractivity contribution in [2.75, 3.05) is 0 Å². The van der Waals surface area contributed by atoms with Crippen molar-refractivity contribution in [2.45, 2.75) is 46.3 Å². The van der Waals surface area contributed by atoms with Gasteiger partial charge in [-0.15, -0.1) is 0 Å². The second-order valence-electron chi connectivity index (χ2n) is 9.38. The first-order valence-corrected chi connectivity index (χ1v) is 12.2. The molecule has 1 aromatic carbocycles. The fourth-order valence-electron chi connectivity index (χ4n) is 4.68. The van der Waals surface area contributed by atoms with E-state index < -0.39 is 11.9 Å². The van der Waals surface area contributed by atoms with Gasteiger partial charge in [-0.2, -0.15) is 5.10 Å². The molecular weight excluding hydrogens is 470 g/mol. The van der Waals surface area contributed by atoms with Crippen molar-refractivity contribution in [2.24, 2.45) is 12.8 Å². The zero-order valence-corrected chi connectivity index (χ0v) is 21.5.